The van der Waals surface area contributed by atoms with E-state index in [-0.39, 0.29) is 16.6 Å². The second-order valence-corrected chi connectivity index (χ2v) is 7.20. The molecular weight excluding hydrogens is 329 g/mol. The normalized spacial score (nSPS) is 14.9. The number of hydrogen-bond acceptors (Lipinski definition) is 4. The number of halogens is 2. The minimum absolute atomic E-state index is 0.0247. The van der Waals surface area contributed by atoms with Crippen LogP contribution >= 0.6 is 11.6 Å². The second-order valence-electron chi connectivity index (χ2n) is 4.95. The minimum atomic E-state index is -3.81. The van der Waals surface area contributed by atoms with Crippen LogP contribution < -0.4 is 9.21 Å². The van der Waals surface area contributed by atoms with Gasteiger partial charge in [-0.3, -0.25) is 4.31 Å². The van der Waals surface area contributed by atoms with Crippen LogP contribution in [-0.2, 0) is 10.0 Å². The summed E-state index contributed by atoms with van der Waals surface area (Å²) in [4.78, 5) is 5.72. The zero-order chi connectivity index (χ0) is 15.9. The summed E-state index contributed by atoms with van der Waals surface area (Å²) in [6.07, 6.45) is 1.20. The van der Waals surface area contributed by atoms with E-state index in [1.165, 1.54) is 34.8 Å². The molecule has 0 amide bonds. The highest BCUT2D eigenvalue weighted by Crippen LogP contribution is 2.36. The number of hydrogen-bond donors (Lipinski definition) is 0. The Hall–Kier alpha value is -1.86. The lowest BCUT2D eigenvalue weighted by Crippen LogP contribution is -2.42. The molecule has 1 aromatic carbocycles. The number of aromatic nitrogens is 1. The predicted octanol–water partition coefficient (Wildman–Crippen LogP) is 2.52. The van der Waals surface area contributed by atoms with Crippen molar-refractivity contribution in [3.05, 3.63) is 47.5 Å². The Kier molecular flexibility index (Phi) is 3.70. The number of rotatable bonds is 2. The zero-order valence-electron chi connectivity index (χ0n) is 11.7. The molecule has 0 bridgehead atoms. The van der Waals surface area contributed by atoms with E-state index in [1.807, 2.05) is 11.9 Å². The molecule has 0 unspecified atom stereocenters. The van der Waals surface area contributed by atoms with Crippen LogP contribution in [0.15, 0.2) is 41.4 Å². The predicted molar refractivity (Wildman–Crippen MR) is 83.4 cm³/mol. The first-order chi connectivity index (χ1) is 10.4. The third kappa shape index (κ3) is 2.50. The van der Waals surface area contributed by atoms with Gasteiger partial charge in [-0.05, 0) is 24.3 Å². The van der Waals surface area contributed by atoms with Crippen molar-refractivity contribution in [2.45, 2.75) is 4.90 Å². The lowest BCUT2D eigenvalue weighted by molar-refractivity contribution is 0.588. The molecule has 8 heteroatoms. The topological polar surface area (TPSA) is 53.5 Å². The van der Waals surface area contributed by atoms with Crippen LogP contribution in [0.25, 0.3) is 0 Å². The molecule has 5 nitrogen and oxygen atoms in total. The maximum absolute atomic E-state index is 13.6. The van der Waals surface area contributed by atoms with Gasteiger partial charge in [-0.1, -0.05) is 11.6 Å². The van der Waals surface area contributed by atoms with Crippen LogP contribution in [-0.4, -0.2) is 33.5 Å². The second kappa shape index (κ2) is 5.40. The molecule has 0 N–H and O–H groups in total. The SMILES string of the molecule is CN1CCN(S(=O)(=O)c2ccc(Cl)nc2)c2cc(F)ccc21. The van der Waals surface area contributed by atoms with Crippen molar-refractivity contribution in [2.24, 2.45) is 0 Å². The number of pyridine rings is 1. The fourth-order valence-corrected chi connectivity index (χ4v) is 3.91. The lowest BCUT2D eigenvalue weighted by Gasteiger charge is -2.36. The molecule has 0 saturated heterocycles. The van der Waals surface area contributed by atoms with Crippen molar-refractivity contribution in [1.29, 1.82) is 0 Å². The van der Waals surface area contributed by atoms with E-state index in [1.54, 1.807) is 6.07 Å². The first kappa shape index (κ1) is 15.1. The van der Waals surface area contributed by atoms with Gasteiger partial charge in [0.15, 0.2) is 0 Å². The molecule has 22 heavy (non-hydrogen) atoms. The lowest BCUT2D eigenvalue weighted by atomic mass is 10.2. The van der Waals surface area contributed by atoms with E-state index >= 15 is 0 Å². The summed E-state index contributed by atoms with van der Waals surface area (Å²) in [7, 11) is -1.98. The summed E-state index contributed by atoms with van der Waals surface area (Å²) < 4.78 is 40.3. The van der Waals surface area contributed by atoms with E-state index in [2.05, 4.69) is 4.98 Å². The Morgan fingerprint density at radius 3 is 2.64 bits per heavy atom. The van der Waals surface area contributed by atoms with E-state index in [4.69, 9.17) is 11.6 Å². The first-order valence-corrected chi connectivity index (χ1v) is 8.36. The van der Waals surface area contributed by atoms with Crippen LogP contribution in [0, 0.1) is 5.82 Å². The van der Waals surface area contributed by atoms with Gasteiger partial charge in [-0.2, -0.15) is 0 Å². The van der Waals surface area contributed by atoms with Crippen LogP contribution in [0.1, 0.15) is 0 Å². The third-order valence-electron chi connectivity index (χ3n) is 3.54. The molecule has 1 aliphatic rings. The summed E-state index contributed by atoms with van der Waals surface area (Å²) in [5.74, 6) is -0.483. The van der Waals surface area contributed by atoms with Crippen molar-refractivity contribution in [2.75, 3.05) is 29.3 Å². The highest BCUT2D eigenvalue weighted by atomic mass is 35.5. The van der Waals surface area contributed by atoms with E-state index in [9.17, 15) is 12.8 Å². The van der Waals surface area contributed by atoms with Gasteiger partial charge in [0.25, 0.3) is 10.0 Å². The van der Waals surface area contributed by atoms with Crippen molar-refractivity contribution in [3.63, 3.8) is 0 Å². The van der Waals surface area contributed by atoms with Gasteiger partial charge < -0.3 is 4.90 Å². The first-order valence-electron chi connectivity index (χ1n) is 6.54. The smallest absolute Gasteiger partial charge is 0.265 e. The molecule has 2 heterocycles. The van der Waals surface area contributed by atoms with Gasteiger partial charge in [0.1, 0.15) is 15.9 Å². The molecule has 2 aromatic rings. The zero-order valence-corrected chi connectivity index (χ0v) is 13.3. The summed E-state index contributed by atoms with van der Waals surface area (Å²) >= 11 is 5.69. The van der Waals surface area contributed by atoms with Crippen LogP contribution in [0.4, 0.5) is 15.8 Å². The van der Waals surface area contributed by atoms with Gasteiger partial charge in [-0.15, -0.1) is 0 Å². The van der Waals surface area contributed by atoms with Gasteiger partial charge in [-0.25, -0.2) is 17.8 Å². The molecular formula is C14H13ClFN3O2S. The van der Waals surface area contributed by atoms with Crippen molar-refractivity contribution in [3.8, 4) is 0 Å². The van der Waals surface area contributed by atoms with Crippen LogP contribution in [0.2, 0.25) is 5.15 Å². The van der Waals surface area contributed by atoms with Gasteiger partial charge in [0, 0.05) is 25.9 Å². The molecule has 116 valence electrons. The number of benzene rings is 1. The third-order valence-corrected chi connectivity index (χ3v) is 5.56. The maximum atomic E-state index is 13.6. The molecule has 1 aromatic heterocycles. The molecule has 0 spiro atoms. The Labute approximate surface area is 133 Å². The van der Waals surface area contributed by atoms with Crippen molar-refractivity contribution in [1.82, 2.24) is 4.98 Å². The fraction of sp³-hybridized carbons (Fsp3) is 0.214. The Morgan fingerprint density at radius 1 is 1.18 bits per heavy atom. The summed E-state index contributed by atoms with van der Waals surface area (Å²) in [6.45, 7) is 0.747. The van der Waals surface area contributed by atoms with Gasteiger partial charge in [0.2, 0.25) is 0 Å². The fourth-order valence-electron chi connectivity index (χ4n) is 2.39. The van der Waals surface area contributed by atoms with Gasteiger partial charge in [0.05, 0.1) is 17.9 Å². The highest BCUT2D eigenvalue weighted by molar-refractivity contribution is 7.92. The molecule has 1 aliphatic heterocycles. The van der Waals surface area contributed by atoms with Crippen molar-refractivity contribution < 1.29 is 12.8 Å². The Morgan fingerprint density at radius 2 is 1.95 bits per heavy atom. The monoisotopic (exact) mass is 341 g/mol. The molecule has 0 aliphatic carbocycles. The minimum Gasteiger partial charge on any atom is -0.371 e. The number of fused-ring (bicyclic) bond motifs is 1. The molecule has 0 saturated carbocycles. The quantitative estimate of drug-likeness (QED) is 0.788. The number of sulfonamides is 1. The van der Waals surface area contributed by atoms with E-state index < -0.39 is 15.8 Å². The van der Waals surface area contributed by atoms with Crippen LogP contribution in [0.5, 0.6) is 0 Å². The number of likely N-dealkylation sites (N-methyl/N-ethyl adjacent to an activating group) is 1. The van der Waals surface area contributed by atoms with E-state index in [0.29, 0.717) is 17.9 Å². The molecule has 0 atom stereocenters. The Bertz CT molecular complexity index is 811. The summed E-state index contributed by atoms with van der Waals surface area (Å²) in [5, 5.41) is 0.212. The van der Waals surface area contributed by atoms with Crippen LogP contribution in [0.3, 0.4) is 0 Å². The summed E-state index contributed by atoms with van der Waals surface area (Å²) in [6, 6.07) is 6.92. The average Bonchev–Trinajstić information content (AvgIpc) is 2.47. The van der Waals surface area contributed by atoms with Gasteiger partial charge >= 0.3 is 0 Å². The molecule has 0 radical (unpaired) electrons. The molecule has 0 fully saturated rings. The maximum Gasteiger partial charge on any atom is 0.265 e. The Balaban J connectivity index is 2.11. The standard InChI is InChI=1S/C14H13ClFN3O2S/c1-18-6-7-19(13-8-10(16)2-4-12(13)18)22(20,21)11-3-5-14(15)17-9-11/h2-5,8-9H,6-7H2,1H3. The largest absolute Gasteiger partial charge is 0.371 e. The number of nitrogens with zero attached hydrogens (tertiary/aromatic N) is 3. The highest BCUT2D eigenvalue weighted by Gasteiger charge is 2.31. The molecule has 3 rings (SSSR count). The van der Waals surface area contributed by atoms with Crippen molar-refractivity contribution >= 4 is 33.0 Å². The average molecular weight is 342 g/mol. The van der Waals surface area contributed by atoms with E-state index in [0.717, 1.165) is 0 Å². The number of anilines is 2. The summed E-state index contributed by atoms with van der Waals surface area (Å²) in [5.41, 5.74) is 0.988.